The van der Waals surface area contributed by atoms with Gasteiger partial charge in [0.15, 0.2) is 0 Å². The Morgan fingerprint density at radius 1 is 0.931 bits per heavy atom. The molecule has 5 nitrogen and oxygen atoms in total. The highest BCUT2D eigenvalue weighted by atomic mass is 28.4. The van der Waals surface area contributed by atoms with Crippen molar-refractivity contribution < 1.29 is 22.8 Å². The maximum absolute atomic E-state index is 6.23. The second-order valence-corrected chi connectivity index (χ2v) is 9.86. The molecule has 0 saturated heterocycles. The first-order valence-electron chi connectivity index (χ1n) is 10.5. The largest absolute Gasteiger partial charge is 0.501 e. The van der Waals surface area contributed by atoms with Crippen molar-refractivity contribution in [3.8, 4) is 5.75 Å². The Bertz CT molecular complexity index is 765. The second-order valence-electron chi connectivity index (χ2n) is 7.13. The Morgan fingerprint density at radius 2 is 1.59 bits per heavy atom. The van der Waals surface area contributed by atoms with Gasteiger partial charge < -0.3 is 22.8 Å². The van der Waals surface area contributed by atoms with Gasteiger partial charge in [0.2, 0.25) is 5.79 Å². The van der Waals surface area contributed by atoms with Crippen molar-refractivity contribution in [3.63, 3.8) is 0 Å². The van der Waals surface area contributed by atoms with E-state index in [1.165, 1.54) is 5.56 Å². The van der Waals surface area contributed by atoms with Crippen molar-refractivity contribution in [2.24, 2.45) is 0 Å². The number of rotatable bonds is 10. The Hall–Kier alpha value is -1.70. The average Bonchev–Trinajstić information content (AvgIpc) is 2.73. The topological polar surface area (TPSA) is 46.2 Å². The molecule has 0 aliphatic carbocycles. The summed E-state index contributed by atoms with van der Waals surface area (Å²) in [6.07, 6.45) is 0.829. The summed E-state index contributed by atoms with van der Waals surface area (Å²) >= 11 is 0. The number of fused-ring (bicyclic) bond motifs is 1. The summed E-state index contributed by atoms with van der Waals surface area (Å²) in [5, 5.41) is 0. The lowest BCUT2D eigenvalue weighted by molar-refractivity contribution is -0.201. The fraction of sp³-hybridized carbons (Fsp3) is 0.478. The average molecular weight is 417 g/mol. The first-order chi connectivity index (χ1) is 14.0. The SMILES string of the molecule is CCO[Si](CCc1ccc2c(c1)COC(C)(c1ccccc1)O2)(OCC)OCC. The normalized spacial score (nSPS) is 18.9. The van der Waals surface area contributed by atoms with Crippen molar-refractivity contribution >= 4 is 8.80 Å². The van der Waals surface area contributed by atoms with Gasteiger partial charge in [-0.1, -0.05) is 36.4 Å². The monoisotopic (exact) mass is 416 g/mol. The van der Waals surface area contributed by atoms with Crippen molar-refractivity contribution in [1.82, 2.24) is 0 Å². The molecule has 0 amide bonds. The van der Waals surface area contributed by atoms with Crippen molar-refractivity contribution in [2.75, 3.05) is 19.8 Å². The Morgan fingerprint density at radius 3 is 2.21 bits per heavy atom. The summed E-state index contributed by atoms with van der Waals surface area (Å²) in [7, 11) is -2.64. The van der Waals surface area contributed by atoms with Gasteiger partial charge in [-0.15, -0.1) is 0 Å². The summed E-state index contributed by atoms with van der Waals surface area (Å²) in [6.45, 7) is 10.2. The minimum absolute atomic E-state index is 0.513. The predicted molar refractivity (Wildman–Crippen MR) is 115 cm³/mol. The van der Waals surface area contributed by atoms with E-state index in [1.807, 2.05) is 64.1 Å². The number of benzene rings is 2. The standard InChI is InChI=1S/C23H32O5Si/c1-5-25-29(26-6-2,27-7-3)16-15-19-13-14-22-20(17-19)18-24-23(4,28-22)21-11-9-8-10-12-21/h8-14,17H,5-7,15-16,18H2,1-4H3. The van der Waals surface area contributed by atoms with Crippen LogP contribution in [0.4, 0.5) is 0 Å². The molecule has 0 spiro atoms. The third kappa shape index (κ3) is 5.27. The Kier molecular flexibility index (Phi) is 7.48. The van der Waals surface area contributed by atoms with E-state index < -0.39 is 14.6 Å². The van der Waals surface area contributed by atoms with Gasteiger partial charge in [-0.3, -0.25) is 0 Å². The molecule has 1 atom stereocenters. The van der Waals surface area contributed by atoms with Gasteiger partial charge in [-0.2, -0.15) is 0 Å². The van der Waals surface area contributed by atoms with E-state index in [4.69, 9.17) is 22.8 Å². The molecule has 1 unspecified atom stereocenters. The molecule has 2 aromatic carbocycles. The Balaban J connectivity index is 1.71. The molecule has 3 rings (SSSR count). The molecule has 0 radical (unpaired) electrons. The van der Waals surface area contributed by atoms with Gasteiger partial charge in [-0.25, -0.2) is 0 Å². The highest BCUT2D eigenvalue weighted by Gasteiger charge is 2.40. The molecule has 0 saturated carbocycles. The molecule has 2 aromatic rings. The number of hydrogen-bond acceptors (Lipinski definition) is 5. The van der Waals surface area contributed by atoms with E-state index in [0.29, 0.717) is 26.4 Å². The van der Waals surface area contributed by atoms with Gasteiger partial charge in [0.1, 0.15) is 5.75 Å². The van der Waals surface area contributed by atoms with Crippen molar-refractivity contribution in [3.05, 3.63) is 65.2 Å². The maximum atomic E-state index is 6.23. The molecule has 0 bridgehead atoms. The first-order valence-corrected chi connectivity index (χ1v) is 12.4. The summed E-state index contributed by atoms with van der Waals surface area (Å²) in [5.41, 5.74) is 3.28. The van der Waals surface area contributed by atoms with Crippen LogP contribution in [-0.2, 0) is 36.8 Å². The van der Waals surface area contributed by atoms with Gasteiger partial charge in [0.05, 0.1) is 6.61 Å². The van der Waals surface area contributed by atoms with Crippen LogP contribution in [0.2, 0.25) is 6.04 Å². The van der Waals surface area contributed by atoms with Gasteiger partial charge in [0.25, 0.3) is 0 Å². The first kappa shape index (κ1) is 22.0. The zero-order valence-electron chi connectivity index (χ0n) is 17.9. The van der Waals surface area contributed by atoms with Gasteiger partial charge in [0, 0.05) is 43.9 Å². The van der Waals surface area contributed by atoms with E-state index >= 15 is 0 Å². The van der Waals surface area contributed by atoms with E-state index in [-0.39, 0.29) is 0 Å². The zero-order valence-corrected chi connectivity index (χ0v) is 18.9. The van der Waals surface area contributed by atoms with Crippen LogP contribution < -0.4 is 4.74 Å². The molecule has 0 aromatic heterocycles. The molecule has 0 fully saturated rings. The lowest BCUT2D eigenvalue weighted by Gasteiger charge is -2.36. The number of aryl methyl sites for hydroxylation is 1. The summed E-state index contributed by atoms with van der Waals surface area (Å²) in [6, 6.07) is 17.1. The molecule has 1 aliphatic rings. The quantitative estimate of drug-likeness (QED) is 0.507. The summed E-state index contributed by atoms with van der Waals surface area (Å²) in [5.74, 6) is 0.103. The highest BCUT2D eigenvalue weighted by molar-refractivity contribution is 6.60. The number of hydrogen-bond donors (Lipinski definition) is 0. The van der Waals surface area contributed by atoms with Crippen LogP contribution in [0, 0.1) is 0 Å². The maximum Gasteiger partial charge on any atom is 0.501 e. The second kappa shape index (κ2) is 9.87. The van der Waals surface area contributed by atoms with E-state index in [2.05, 4.69) is 12.1 Å². The Labute approximate surface area is 175 Å². The molecular weight excluding hydrogens is 384 g/mol. The number of ether oxygens (including phenoxy) is 2. The van der Waals surface area contributed by atoms with Crippen LogP contribution in [0.15, 0.2) is 48.5 Å². The highest BCUT2D eigenvalue weighted by Crippen LogP contribution is 2.38. The van der Waals surface area contributed by atoms with Crippen LogP contribution in [0.5, 0.6) is 5.75 Å². The van der Waals surface area contributed by atoms with Crippen LogP contribution in [0.1, 0.15) is 44.4 Å². The van der Waals surface area contributed by atoms with E-state index in [0.717, 1.165) is 29.3 Å². The molecule has 1 heterocycles. The molecule has 158 valence electrons. The lowest BCUT2D eigenvalue weighted by atomic mass is 10.0. The van der Waals surface area contributed by atoms with E-state index in [9.17, 15) is 0 Å². The third-order valence-corrected chi connectivity index (χ3v) is 8.09. The minimum atomic E-state index is -2.64. The molecular formula is C23H32O5Si. The fourth-order valence-corrected chi connectivity index (χ4v) is 6.23. The third-order valence-electron chi connectivity index (χ3n) is 5.04. The van der Waals surface area contributed by atoms with Gasteiger partial charge in [-0.05, 0) is 44.9 Å². The van der Waals surface area contributed by atoms with E-state index in [1.54, 1.807) is 0 Å². The van der Waals surface area contributed by atoms with Crippen molar-refractivity contribution in [1.29, 1.82) is 0 Å². The molecule has 1 aliphatic heterocycles. The summed E-state index contributed by atoms with van der Waals surface area (Å²) < 4.78 is 30.2. The minimum Gasteiger partial charge on any atom is -0.458 e. The van der Waals surface area contributed by atoms with Gasteiger partial charge >= 0.3 is 8.80 Å². The fourth-order valence-electron chi connectivity index (χ4n) is 3.64. The molecule has 0 N–H and O–H groups in total. The predicted octanol–water partition coefficient (Wildman–Crippen LogP) is 5.06. The lowest BCUT2D eigenvalue weighted by Crippen LogP contribution is -2.46. The van der Waals surface area contributed by atoms with Crippen LogP contribution >= 0.6 is 0 Å². The zero-order chi connectivity index (χ0) is 20.7. The van der Waals surface area contributed by atoms with Crippen LogP contribution in [0.3, 0.4) is 0 Å². The smallest absolute Gasteiger partial charge is 0.458 e. The summed E-state index contributed by atoms with van der Waals surface area (Å²) in [4.78, 5) is 0. The molecule has 29 heavy (non-hydrogen) atoms. The molecule has 6 heteroatoms. The van der Waals surface area contributed by atoms with Crippen molar-refractivity contribution in [2.45, 2.75) is 52.6 Å². The van der Waals surface area contributed by atoms with Crippen LogP contribution in [-0.4, -0.2) is 28.6 Å². The van der Waals surface area contributed by atoms with Crippen LogP contribution in [0.25, 0.3) is 0 Å².